The average Bonchev–Trinajstić information content (AvgIpc) is 3.04. The number of Topliss-reactive ketones (excluding diaryl/α,β-unsaturated/α-hetero) is 1. The summed E-state index contributed by atoms with van der Waals surface area (Å²) in [4.78, 5) is 24.8. The maximum absolute atomic E-state index is 12.4. The predicted molar refractivity (Wildman–Crippen MR) is 107 cm³/mol. The van der Waals surface area contributed by atoms with E-state index in [1.807, 2.05) is 32.9 Å². The zero-order valence-electron chi connectivity index (χ0n) is 16.9. The molecular weight excluding hydrogens is 370 g/mol. The first-order chi connectivity index (χ1) is 13.8. The van der Waals surface area contributed by atoms with Gasteiger partial charge < -0.3 is 14.0 Å². The highest BCUT2D eigenvalue weighted by atomic mass is 16.5. The quantitative estimate of drug-likeness (QED) is 0.431. The van der Waals surface area contributed by atoms with Gasteiger partial charge in [-0.1, -0.05) is 35.0 Å². The van der Waals surface area contributed by atoms with Crippen LogP contribution in [0.3, 0.4) is 0 Å². The Kier molecular flexibility index (Phi) is 6.12. The summed E-state index contributed by atoms with van der Waals surface area (Å²) in [7, 11) is 0. The smallest absolute Gasteiger partial charge is 0.338 e. The molecule has 0 fully saturated rings. The van der Waals surface area contributed by atoms with Gasteiger partial charge in [0.05, 0.1) is 16.8 Å². The molecule has 0 radical (unpaired) electrons. The molecule has 150 valence electrons. The monoisotopic (exact) mass is 393 g/mol. The Hall–Kier alpha value is -3.41. The Morgan fingerprint density at radius 3 is 2.17 bits per heavy atom. The molecule has 3 rings (SSSR count). The lowest BCUT2D eigenvalue weighted by Crippen LogP contribution is -2.24. The molecule has 0 amide bonds. The molecule has 1 heterocycles. The molecule has 0 unspecified atom stereocenters. The fraction of sp³-hybridized carbons (Fsp3) is 0.261. The van der Waals surface area contributed by atoms with Gasteiger partial charge in [-0.15, -0.1) is 0 Å². The van der Waals surface area contributed by atoms with Gasteiger partial charge in [0.15, 0.2) is 6.10 Å². The lowest BCUT2D eigenvalue weighted by molar-refractivity contribution is 0.0319. The van der Waals surface area contributed by atoms with Crippen LogP contribution >= 0.6 is 0 Å². The van der Waals surface area contributed by atoms with Crippen LogP contribution in [0.15, 0.2) is 53.1 Å². The number of ether oxygens (including phenoxy) is 2. The minimum absolute atomic E-state index is 0.238. The molecule has 0 bridgehead atoms. The number of carbonyl (C=O) groups excluding carboxylic acids is 2. The Balaban J connectivity index is 1.58. The summed E-state index contributed by atoms with van der Waals surface area (Å²) in [6, 6.07) is 13.7. The molecule has 0 aliphatic heterocycles. The lowest BCUT2D eigenvalue weighted by Gasteiger charge is -2.13. The van der Waals surface area contributed by atoms with Gasteiger partial charge in [0, 0.05) is 5.56 Å². The number of hydrogen-bond donors (Lipinski definition) is 0. The average molecular weight is 393 g/mol. The second-order valence-corrected chi connectivity index (χ2v) is 6.89. The minimum Gasteiger partial charge on any atom is -0.489 e. The lowest BCUT2D eigenvalue weighted by atomic mass is 10.1. The number of ketones is 1. The molecular formula is C23H23NO5. The molecule has 0 N–H and O–H groups in total. The Bertz CT molecular complexity index is 983. The second-order valence-electron chi connectivity index (χ2n) is 6.89. The molecule has 3 aromatic rings. The Morgan fingerprint density at radius 1 is 0.966 bits per heavy atom. The van der Waals surface area contributed by atoms with Crippen molar-refractivity contribution in [2.24, 2.45) is 0 Å². The predicted octanol–water partition coefficient (Wildman–Crippen LogP) is 4.61. The first kappa shape index (κ1) is 20.3. The van der Waals surface area contributed by atoms with Crippen LogP contribution in [0.4, 0.5) is 0 Å². The third-order valence-electron chi connectivity index (χ3n) is 4.64. The van der Waals surface area contributed by atoms with E-state index >= 15 is 0 Å². The van der Waals surface area contributed by atoms with E-state index in [2.05, 4.69) is 5.16 Å². The normalized spacial score (nSPS) is 11.7. The third kappa shape index (κ3) is 4.90. The van der Waals surface area contributed by atoms with Crippen molar-refractivity contribution in [3.05, 3.63) is 82.2 Å². The van der Waals surface area contributed by atoms with Crippen molar-refractivity contribution >= 4 is 11.8 Å². The van der Waals surface area contributed by atoms with Gasteiger partial charge >= 0.3 is 5.97 Å². The highest BCUT2D eigenvalue weighted by molar-refractivity contribution is 6.01. The van der Waals surface area contributed by atoms with Crippen molar-refractivity contribution in [1.82, 2.24) is 5.16 Å². The van der Waals surface area contributed by atoms with Crippen LogP contribution in [0.5, 0.6) is 5.75 Å². The molecule has 0 saturated carbocycles. The molecule has 6 nitrogen and oxygen atoms in total. The number of aromatic nitrogens is 1. The number of aryl methyl sites for hydroxylation is 3. The first-order valence-electron chi connectivity index (χ1n) is 9.31. The number of hydrogen-bond acceptors (Lipinski definition) is 6. The number of rotatable bonds is 7. The van der Waals surface area contributed by atoms with E-state index in [-0.39, 0.29) is 5.78 Å². The largest absolute Gasteiger partial charge is 0.489 e. The van der Waals surface area contributed by atoms with Crippen LogP contribution in [-0.2, 0) is 11.3 Å². The van der Waals surface area contributed by atoms with E-state index in [9.17, 15) is 9.59 Å². The molecule has 0 aliphatic rings. The van der Waals surface area contributed by atoms with E-state index in [0.29, 0.717) is 23.5 Å². The van der Waals surface area contributed by atoms with Gasteiger partial charge in [-0.3, -0.25) is 4.79 Å². The third-order valence-corrected chi connectivity index (χ3v) is 4.64. The molecule has 1 aromatic heterocycles. The SMILES string of the molecule is Cc1ccc(C(=O)[C@@H](C)OC(=O)c2ccc(OCc3c(C)noc3C)cc2)cc1. The molecule has 1 atom stereocenters. The fourth-order valence-electron chi connectivity index (χ4n) is 2.79. The molecule has 0 aliphatic carbocycles. The van der Waals surface area contributed by atoms with Crippen LogP contribution in [0.2, 0.25) is 0 Å². The Labute approximate surface area is 169 Å². The molecule has 0 spiro atoms. The summed E-state index contributed by atoms with van der Waals surface area (Å²) in [5.74, 6) is 0.522. The highest BCUT2D eigenvalue weighted by Crippen LogP contribution is 2.19. The fourth-order valence-corrected chi connectivity index (χ4v) is 2.79. The van der Waals surface area contributed by atoms with Crippen molar-refractivity contribution < 1.29 is 23.6 Å². The van der Waals surface area contributed by atoms with Gasteiger partial charge in [0.2, 0.25) is 5.78 Å². The molecule has 29 heavy (non-hydrogen) atoms. The first-order valence-corrected chi connectivity index (χ1v) is 9.31. The maximum Gasteiger partial charge on any atom is 0.338 e. The van der Waals surface area contributed by atoms with Gasteiger partial charge in [-0.05, 0) is 52.0 Å². The van der Waals surface area contributed by atoms with Crippen LogP contribution in [0, 0.1) is 20.8 Å². The van der Waals surface area contributed by atoms with E-state index in [0.717, 1.165) is 22.6 Å². The van der Waals surface area contributed by atoms with E-state index in [1.165, 1.54) is 0 Å². The molecule has 2 aromatic carbocycles. The molecule has 6 heteroatoms. The zero-order valence-corrected chi connectivity index (χ0v) is 16.9. The van der Waals surface area contributed by atoms with Gasteiger partial charge in [0.25, 0.3) is 0 Å². The number of esters is 1. The standard InChI is InChI=1S/C23H23NO5/c1-14-5-7-18(8-6-14)22(25)17(4)28-23(26)19-9-11-20(12-10-19)27-13-21-15(2)24-29-16(21)3/h5-12,17H,13H2,1-4H3/t17-/m1/s1. The number of carbonyl (C=O) groups is 2. The summed E-state index contributed by atoms with van der Waals surface area (Å²) >= 11 is 0. The van der Waals surface area contributed by atoms with Crippen LogP contribution < -0.4 is 4.74 Å². The minimum atomic E-state index is -0.874. The van der Waals surface area contributed by atoms with Gasteiger partial charge in [-0.25, -0.2) is 4.79 Å². The summed E-state index contributed by atoms with van der Waals surface area (Å²) < 4.78 is 16.2. The van der Waals surface area contributed by atoms with Crippen molar-refractivity contribution in [1.29, 1.82) is 0 Å². The highest BCUT2D eigenvalue weighted by Gasteiger charge is 2.20. The second kappa shape index (κ2) is 8.73. The zero-order chi connectivity index (χ0) is 21.0. The van der Waals surface area contributed by atoms with E-state index in [4.69, 9.17) is 14.0 Å². The van der Waals surface area contributed by atoms with Crippen molar-refractivity contribution in [3.8, 4) is 5.75 Å². The topological polar surface area (TPSA) is 78.6 Å². The van der Waals surface area contributed by atoms with Crippen LogP contribution in [0.1, 0.15) is 50.2 Å². The maximum atomic E-state index is 12.4. The van der Waals surface area contributed by atoms with E-state index in [1.54, 1.807) is 43.3 Å². The van der Waals surface area contributed by atoms with Crippen molar-refractivity contribution in [2.75, 3.05) is 0 Å². The summed E-state index contributed by atoms with van der Waals surface area (Å²) in [6.45, 7) is 7.53. The van der Waals surface area contributed by atoms with Gasteiger partial charge in [-0.2, -0.15) is 0 Å². The number of nitrogens with zero attached hydrogens (tertiary/aromatic N) is 1. The molecule has 0 saturated heterocycles. The van der Waals surface area contributed by atoms with Gasteiger partial charge in [0.1, 0.15) is 18.1 Å². The summed E-state index contributed by atoms with van der Waals surface area (Å²) in [5, 5.41) is 3.89. The van der Waals surface area contributed by atoms with Crippen molar-refractivity contribution in [3.63, 3.8) is 0 Å². The number of benzene rings is 2. The van der Waals surface area contributed by atoms with Crippen LogP contribution in [-0.4, -0.2) is 23.0 Å². The summed E-state index contributed by atoms with van der Waals surface area (Å²) in [6.07, 6.45) is -0.874. The Morgan fingerprint density at radius 2 is 1.59 bits per heavy atom. The van der Waals surface area contributed by atoms with Crippen LogP contribution in [0.25, 0.3) is 0 Å². The van der Waals surface area contributed by atoms with Crippen molar-refractivity contribution in [2.45, 2.75) is 40.4 Å². The van der Waals surface area contributed by atoms with E-state index < -0.39 is 12.1 Å². The summed E-state index contributed by atoms with van der Waals surface area (Å²) in [5.41, 5.74) is 3.60.